The van der Waals surface area contributed by atoms with Crippen molar-refractivity contribution in [2.24, 2.45) is 0 Å². The van der Waals surface area contributed by atoms with E-state index in [1.165, 1.54) is 16.2 Å². The van der Waals surface area contributed by atoms with Gasteiger partial charge in [-0.25, -0.2) is 10.0 Å². The van der Waals surface area contributed by atoms with Gasteiger partial charge in [-0.15, -0.1) is 0 Å². The summed E-state index contributed by atoms with van der Waals surface area (Å²) in [5.41, 5.74) is 3.45. The number of aromatic nitrogens is 2. The Morgan fingerprint density at radius 1 is 0.870 bits per heavy atom. The number of amides is 2. The van der Waals surface area contributed by atoms with Gasteiger partial charge >= 0.3 is 11.8 Å². The normalized spacial score (nSPS) is 10.5. The molecule has 0 aliphatic carbocycles. The highest BCUT2D eigenvalue weighted by molar-refractivity contribution is 6.42. The van der Waals surface area contributed by atoms with Crippen molar-refractivity contribution in [2.45, 2.75) is 27.7 Å². The molecule has 2 aromatic rings. The lowest BCUT2D eigenvalue weighted by atomic mass is 10.5. The molecule has 6 nitrogen and oxygen atoms in total. The molecule has 122 valence electrons. The average Bonchev–Trinajstić information content (AvgIpc) is 3.02. The number of carbonyl (C=O) groups is 2. The fourth-order valence-corrected chi connectivity index (χ4v) is 2.72. The maximum Gasteiger partial charge on any atom is 0.336 e. The minimum absolute atomic E-state index is 0.639. The molecular formula is C17H22N4O2. The SMILES string of the molecule is C=CN(C(=O)C(=O)N(C)n1c(C)ccc1C)n1c(C)ccc1C. The highest BCUT2D eigenvalue weighted by Gasteiger charge is 2.28. The molecule has 0 radical (unpaired) electrons. The number of rotatable bonds is 3. The van der Waals surface area contributed by atoms with Gasteiger partial charge in [0.15, 0.2) is 0 Å². The maximum absolute atomic E-state index is 12.7. The number of aryl methyl sites for hydroxylation is 4. The predicted octanol–water partition coefficient (Wildman–Crippen LogP) is 1.93. The molecule has 0 spiro atoms. The second-order valence-electron chi connectivity index (χ2n) is 5.52. The first kappa shape index (κ1) is 16.6. The Hall–Kier alpha value is -2.76. The summed E-state index contributed by atoms with van der Waals surface area (Å²) in [5, 5.41) is 2.55. The first-order valence-corrected chi connectivity index (χ1v) is 7.33. The number of carbonyl (C=O) groups excluding carboxylic acids is 2. The maximum atomic E-state index is 12.7. The van der Waals surface area contributed by atoms with Gasteiger partial charge in [-0.3, -0.25) is 18.9 Å². The van der Waals surface area contributed by atoms with Gasteiger partial charge in [0.2, 0.25) is 0 Å². The van der Waals surface area contributed by atoms with Crippen LogP contribution in [-0.2, 0) is 9.59 Å². The van der Waals surface area contributed by atoms with Crippen molar-refractivity contribution < 1.29 is 9.59 Å². The first-order chi connectivity index (χ1) is 10.8. The lowest BCUT2D eigenvalue weighted by Crippen LogP contribution is -2.50. The van der Waals surface area contributed by atoms with Gasteiger partial charge in [0.25, 0.3) is 0 Å². The summed E-state index contributed by atoms with van der Waals surface area (Å²) in [6.45, 7) is 11.2. The summed E-state index contributed by atoms with van der Waals surface area (Å²) in [6.07, 6.45) is 1.35. The van der Waals surface area contributed by atoms with Crippen molar-refractivity contribution in [3.63, 3.8) is 0 Å². The van der Waals surface area contributed by atoms with Crippen molar-refractivity contribution in [1.82, 2.24) is 9.35 Å². The molecule has 0 fully saturated rings. The van der Waals surface area contributed by atoms with Gasteiger partial charge < -0.3 is 0 Å². The first-order valence-electron chi connectivity index (χ1n) is 7.33. The highest BCUT2D eigenvalue weighted by Crippen LogP contribution is 2.11. The van der Waals surface area contributed by atoms with Crippen molar-refractivity contribution in [2.75, 3.05) is 17.1 Å². The molecule has 2 heterocycles. The fraction of sp³-hybridized carbons (Fsp3) is 0.294. The third-order valence-electron chi connectivity index (χ3n) is 3.84. The molecule has 6 heteroatoms. The largest absolute Gasteiger partial charge is 0.336 e. The Bertz CT molecular complexity index is 731. The van der Waals surface area contributed by atoms with E-state index < -0.39 is 11.8 Å². The number of nitrogens with zero attached hydrogens (tertiary/aromatic N) is 4. The number of likely N-dealkylation sites (N-methyl/N-ethyl adjacent to an activating group) is 1. The molecule has 0 aliphatic heterocycles. The van der Waals surface area contributed by atoms with Crippen LogP contribution in [0.15, 0.2) is 37.0 Å². The molecule has 0 aromatic carbocycles. The Balaban J connectivity index is 2.35. The van der Waals surface area contributed by atoms with E-state index in [9.17, 15) is 9.59 Å². The molecule has 0 saturated carbocycles. The molecule has 2 amide bonds. The molecule has 0 N–H and O–H groups in total. The smallest absolute Gasteiger partial charge is 0.261 e. The second kappa shape index (κ2) is 6.16. The molecule has 0 saturated heterocycles. The van der Waals surface area contributed by atoms with Crippen molar-refractivity contribution in [3.8, 4) is 0 Å². The number of hydrogen-bond acceptors (Lipinski definition) is 2. The van der Waals surface area contributed by atoms with E-state index in [2.05, 4.69) is 6.58 Å². The molecule has 23 heavy (non-hydrogen) atoms. The molecule has 0 aliphatic rings. The third kappa shape index (κ3) is 2.79. The van der Waals surface area contributed by atoms with Crippen LogP contribution in [0.3, 0.4) is 0 Å². The topological polar surface area (TPSA) is 50.5 Å². The Morgan fingerprint density at radius 3 is 1.65 bits per heavy atom. The summed E-state index contributed by atoms with van der Waals surface area (Å²) in [7, 11) is 1.58. The molecule has 0 bridgehead atoms. The van der Waals surface area contributed by atoms with Crippen molar-refractivity contribution in [1.29, 1.82) is 0 Å². The monoisotopic (exact) mass is 314 g/mol. The molecule has 0 atom stereocenters. The zero-order valence-electron chi connectivity index (χ0n) is 14.2. The molecular weight excluding hydrogens is 292 g/mol. The Morgan fingerprint density at radius 2 is 1.26 bits per heavy atom. The summed E-state index contributed by atoms with van der Waals surface area (Å²) in [5.74, 6) is -1.31. The Kier molecular flexibility index (Phi) is 4.45. The zero-order chi connectivity index (χ0) is 17.3. The van der Waals surface area contributed by atoms with Gasteiger partial charge in [0.05, 0.1) is 0 Å². The fourth-order valence-electron chi connectivity index (χ4n) is 2.72. The van der Waals surface area contributed by atoms with Crippen LogP contribution in [0.1, 0.15) is 22.8 Å². The van der Waals surface area contributed by atoms with Crippen molar-refractivity contribution in [3.05, 3.63) is 59.8 Å². The van der Waals surface area contributed by atoms with Crippen LogP contribution in [0, 0.1) is 27.7 Å². The van der Waals surface area contributed by atoms with Crippen LogP contribution in [0.25, 0.3) is 0 Å². The van der Waals surface area contributed by atoms with Crippen LogP contribution in [0.4, 0.5) is 0 Å². The minimum atomic E-state index is -0.669. The van der Waals surface area contributed by atoms with Gasteiger partial charge in [-0.1, -0.05) is 6.58 Å². The average molecular weight is 314 g/mol. The van der Waals surface area contributed by atoms with E-state index in [1.807, 2.05) is 52.0 Å². The predicted molar refractivity (Wildman–Crippen MR) is 90.4 cm³/mol. The van der Waals surface area contributed by atoms with Gasteiger partial charge in [0, 0.05) is 36.0 Å². The van der Waals surface area contributed by atoms with E-state index >= 15 is 0 Å². The van der Waals surface area contributed by atoms with E-state index in [0.29, 0.717) is 0 Å². The van der Waals surface area contributed by atoms with Gasteiger partial charge in [-0.2, -0.15) is 0 Å². The van der Waals surface area contributed by atoms with E-state index in [-0.39, 0.29) is 0 Å². The van der Waals surface area contributed by atoms with Crippen LogP contribution < -0.4 is 10.0 Å². The molecule has 0 unspecified atom stereocenters. The van der Waals surface area contributed by atoms with E-state index in [0.717, 1.165) is 22.8 Å². The van der Waals surface area contributed by atoms with Crippen LogP contribution >= 0.6 is 0 Å². The van der Waals surface area contributed by atoms with E-state index in [1.54, 1.807) is 16.4 Å². The second-order valence-corrected chi connectivity index (χ2v) is 5.52. The van der Waals surface area contributed by atoms with Crippen LogP contribution in [0.2, 0.25) is 0 Å². The van der Waals surface area contributed by atoms with Crippen LogP contribution in [-0.4, -0.2) is 28.2 Å². The summed E-state index contributed by atoms with van der Waals surface area (Å²) in [6, 6.07) is 7.56. The van der Waals surface area contributed by atoms with Crippen molar-refractivity contribution >= 4 is 11.8 Å². The standard InChI is InChI=1S/C17H22N4O2/c1-7-19(21-14(4)10-11-15(21)5)17(23)16(22)18(6)20-12(2)8-9-13(20)3/h7-11H,1H2,2-6H3. The summed E-state index contributed by atoms with van der Waals surface area (Å²) >= 11 is 0. The quantitative estimate of drug-likeness (QED) is 0.813. The Labute approximate surface area is 136 Å². The third-order valence-corrected chi connectivity index (χ3v) is 3.84. The highest BCUT2D eigenvalue weighted by atomic mass is 16.2. The van der Waals surface area contributed by atoms with Crippen LogP contribution in [0.5, 0.6) is 0 Å². The summed E-state index contributed by atoms with van der Waals surface area (Å²) in [4.78, 5) is 25.3. The zero-order valence-corrected chi connectivity index (χ0v) is 14.2. The summed E-state index contributed by atoms with van der Waals surface area (Å²) < 4.78 is 3.37. The lowest BCUT2D eigenvalue weighted by molar-refractivity contribution is -0.137. The number of hydrogen-bond donors (Lipinski definition) is 0. The molecule has 2 aromatic heterocycles. The lowest BCUT2D eigenvalue weighted by Gasteiger charge is -2.27. The van der Waals surface area contributed by atoms with E-state index in [4.69, 9.17) is 0 Å². The minimum Gasteiger partial charge on any atom is -0.261 e. The van der Waals surface area contributed by atoms with Gasteiger partial charge in [-0.05, 0) is 52.0 Å². The molecule has 2 rings (SSSR count). The van der Waals surface area contributed by atoms with Gasteiger partial charge in [0.1, 0.15) is 0 Å².